The van der Waals surface area contributed by atoms with Crippen LogP contribution in [0.2, 0.25) is 0 Å². The molecule has 4 nitrogen and oxygen atoms in total. The number of hydrogen-bond donors (Lipinski definition) is 0. The van der Waals surface area contributed by atoms with Crippen molar-refractivity contribution >= 4 is 5.96 Å². The number of hydrogen-bond acceptors (Lipinski definition) is 2. The van der Waals surface area contributed by atoms with Gasteiger partial charge in [0.05, 0.1) is 12.1 Å². The van der Waals surface area contributed by atoms with Gasteiger partial charge in [0.25, 0.3) is 0 Å². The van der Waals surface area contributed by atoms with Gasteiger partial charge in [-0.05, 0) is 12.1 Å². The first-order valence-corrected chi connectivity index (χ1v) is 5.94. The number of nitrogens with zero attached hydrogens (tertiary/aromatic N) is 3. The second-order valence-corrected chi connectivity index (χ2v) is 4.50. The molecule has 0 radical (unpaired) electrons. The smallest absolute Gasteiger partial charge is 0.387 e. The summed E-state index contributed by atoms with van der Waals surface area (Å²) in [5.74, 6) is -0.222. The summed E-state index contributed by atoms with van der Waals surface area (Å²) in [4.78, 5) is 7.71. The van der Waals surface area contributed by atoms with Crippen LogP contribution in [0.15, 0.2) is 23.2 Å². The average Bonchev–Trinajstić information content (AvgIpc) is 2.30. The maximum Gasteiger partial charge on any atom is 0.387 e. The van der Waals surface area contributed by atoms with Gasteiger partial charge in [0, 0.05) is 28.2 Å². The summed E-state index contributed by atoms with van der Waals surface area (Å²) in [7, 11) is 7.15. The highest BCUT2D eigenvalue weighted by molar-refractivity contribution is 5.79. The molecule has 1 aromatic rings. The Morgan fingerprint density at radius 3 is 2.30 bits per heavy atom. The second kappa shape index (κ2) is 7.02. The van der Waals surface area contributed by atoms with Gasteiger partial charge in [-0.15, -0.1) is 0 Å². The predicted octanol–water partition coefficient (Wildman–Crippen LogP) is 2.41. The predicted molar refractivity (Wildman–Crippen MR) is 71.5 cm³/mol. The number of ether oxygens (including phenoxy) is 1. The first-order valence-electron chi connectivity index (χ1n) is 5.94. The molecule has 0 aliphatic rings. The summed E-state index contributed by atoms with van der Waals surface area (Å²) < 4.78 is 42.6. The van der Waals surface area contributed by atoms with E-state index in [4.69, 9.17) is 0 Å². The van der Waals surface area contributed by atoms with Crippen molar-refractivity contribution in [1.29, 1.82) is 0 Å². The van der Waals surface area contributed by atoms with Gasteiger partial charge in [-0.1, -0.05) is 6.07 Å². The number of guanidine groups is 1. The molecule has 1 rings (SSSR count). The van der Waals surface area contributed by atoms with E-state index in [0.29, 0.717) is 5.96 Å². The topological polar surface area (TPSA) is 28.1 Å². The molecule has 0 aromatic heterocycles. The van der Waals surface area contributed by atoms with Gasteiger partial charge < -0.3 is 14.5 Å². The number of aliphatic imine (C=N–C) groups is 1. The van der Waals surface area contributed by atoms with Gasteiger partial charge in [-0.25, -0.2) is 9.38 Å². The number of benzene rings is 1. The van der Waals surface area contributed by atoms with Gasteiger partial charge in [-0.3, -0.25) is 0 Å². The fraction of sp³-hybridized carbons (Fsp3) is 0.462. The van der Waals surface area contributed by atoms with Crippen LogP contribution in [0.25, 0.3) is 0 Å². The van der Waals surface area contributed by atoms with Crippen molar-refractivity contribution in [2.24, 2.45) is 4.99 Å². The first kappa shape index (κ1) is 16.1. The summed E-state index contributed by atoms with van der Waals surface area (Å²) in [5.41, 5.74) is 0.00833. The van der Waals surface area contributed by atoms with E-state index in [-0.39, 0.29) is 17.9 Å². The van der Waals surface area contributed by atoms with Crippen molar-refractivity contribution in [2.75, 3.05) is 28.2 Å². The Kier molecular flexibility index (Phi) is 5.66. The Balaban J connectivity index is 3.04. The van der Waals surface area contributed by atoms with E-state index in [2.05, 4.69) is 9.73 Å². The molecule has 0 bridgehead atoms. The van der Waals surface area contributed by atoms with Gasteiger partial charge >= 0.3 is 6.61 Å². The van der Waals surface area contributed by atoms with Crippen LogP contribution >= 0.6 is 0 Å². The fourth-order valence-corrected chi connectivity index (χ4v) is 1.73. The van der Waals surface area contributed by atoms with Crippen molar-refractivity contribution < 1.29 is 17.9 Å². The lowest BCUT2D eigenvalue weighted by atomic mass is 10.2. The Morgan fingerprint density at radius 1 is 1.20 bits per heavy atom. The molecule has 0 fully saturated rings. The van der Waals surface area contributed by atoms with Gasteiger partial charge in [0.2, 0.25) is 0 Å². The number of halogens is 3. The SMILES string of the molecule is CN(C)C(=NCc1c(F)cccc1OC(F)F)N(C)C. The van der Waals surface area contributed by atoms with E-state index >= 15 is 0 Å². The Bertz CT molecular complexity index is 466. The van der Waals surface area contributed by atoms with Crippen molar-refractivity contribution in [1.82, 2.24) is 9.80 Å². The summed E-state index contributed by atoms with van der Waals surface area (Å²) >= 11 is 0. The monoisotopic (exact) mass is 289 g/mol. The van der Waals surface area contributed by atoms with Crippen LogP contribution in [0.5, 0.6) is 5.75 Å². The molecular formula is C13H18F3N3O. The summed E-state index contributed by atoms with van der Waals surface area (Å²) in [6.45, 7) is -3.08. The molecule has 20 heavy (non-hydrogen) atoms. The Labute approximate surface area is 116 Å². The fourth-order valence-electron chi connectivity index (χ4n) is 1.73. The molecule has 0 aliphatic carbocycles. The molecule has 1 aromatic carbocycles. The highest BCUT2D eigenvalue weighted by atomic mass is 19.3. The van der Waals surface area contributed by atoms with Crippen LogP contribution in [0.4, 0.5) is 13.2 Å². The van der Waals surface area contributed by atoms with Crippen molar-refractivity contribution in [2.45, 2.75) is 13.2 Å². The van der Waals surface area contributed by atoms with E-state index < -0.39 is 12.4 Å². The zero-order chi connectivity index (χ0) is 15.3. The first-order chi connectivity index (χ1) is 9.32. The van der Waals surface area contributed by atoms with Crippen LogP contribution in [0.1, 0.15) is 5.56 Å². The molecule has 0 saturated carbocycles. The largest absolute Gasteiger partial charge is 0.434 e. The van der Waals surface area contributed by atoms with Gasteiger partial charge in [0.15, 0.2) is 5.96 Å². The summed E-state index contributed by atoms with van der Waals surface area (Å²) in [6, 6.07) is 3.80. The van der Waals surface area contributed by atoms with E-state index in [1.54, 1.807) is 38.0 Å². The molecule has 0 aliphatic heterocycles. The minimum Gasteiger partial charge on any atom is -0.434 e. The minimum atomic E-state index is -3.00. The van der Waals surface area contributed by atoms with E-state index in [9.17, 15) is 13.2 Å². The lowest BCUT2D eigenvalue weighted by molar-refractivity contribution is -0.0506. The van der Waals surface area contributed by atoms with Crippen molar-refractivity contribution in [3.05, 3.63) is 29.6 Å². The normalized spacial score (nSPS) is 10.4. The quantitative estimate of drug-likeness (QED) is 0.629. The minimum absolute atomic E-state index is 0.00833. The van der Waals surface area contributed by atoms with Crippen LogP contribution < -0.4 is 4.74 Å². The molecule has 7 heteroatoms. The molecule has 0 unspecified atom stereocenters. The van der Waals surface area contributed by atoms with Crippen molar-refractivity contribution in [3.8, 4) is 5.75 Å². The zero-order valence-corrected chi connectivity index (χ0v) is 11.9. The third kappa shape index (κ3) is 4.32. The molecule has 112 valence electrons. The standard InChI is InChI=1S/C13H18F3N3O/c1-18(2)13(19(3)4)17-8-9-10(14)6-5-7-11(9)20-12(15)16/h5-7,12H,8H2,1-4H3. The number of alkyl halides is 2. The second-order valence-electron chi connectivity index (χ2n) is 4.50. The lowest BCUT2D eigenvalue weighted by Crippen LogP contribution is -2.35. The molecular weight excluding hydrogens is 271 g/mol. The molecule has 0 N–H and O–H groups in total. The third-order valence-corrected chi connectivity index (χ3v) is 2.47. The molecule has 0 amide bonds. The average molecular weight is 289 g/mol. The summed E-state index contributed by atoms with van der Waals surface area (Å²) in [6.07, 6.45) is 0. The van der Waals surface area contributed by atoms with Crippen LogP contribution in [0, 0.1) is 5.82 Å². The number of rotatable bonds is 4. The maximum atomic E-state index is 13.7. The Hall–Kier alpha value is -1.92. The van der Waals surface area contributed by atoms with Gasteiger partial charge in [0.1, 0.15) is 11.6 Å². The lowest BCUT2D eigenvalue weighted by Gasteiger charge is -2.22. The van der Waals surface area contributed by atoms with Crippen LogP contribution in [0.3, 0.4) is 0 Å². The zero-order valence-electron chi connectivity index (χ0n) is 11.9. The van der Waals surface area contributed by atoms with Crippen LogP contribution in [-0.2, 0) is 6.54 Å². The van der Waals surface area contributed by atoms with E-state index in [1.165, 1.54) is 18.2 Å². The molecule has 0 spiro atoms. The van der Waals surface area contributed by atoms with Crippen molar-refractivity contribution in [3.63, 3.8) is 0 Å². The highest BCUT2D eigenvalue weighted by Crippen LogP contribution is 2.24. The van der Waals surface area contributed by atoms with Crippen LogP contribution in [-0.4, -0.2) is 50.6 Å². The maximum absolute atomic E-state index is 13.7. The highest BCUT2D eigenvalue weighted by Gasteiger charge is 2.14. The summed E-state index contributed by atoms with van der Waals surface area (Å²) in [5, 5.41) is 0. The van der Waals surface area contributed by atoms with Gasteiger partial charge in [-0.2, -0.15) is 8.78 Å². The van der Waals surface area contributed by atoms with E-state index in [1.807, 2.05) is 0 Å². The molecule has 0 atom stereocenters. The molecule has 0 saturated heterocycles. The Morgan fingerprint density at radius 2 is 1.80 bits per heavy atom. The molecule has 0 heterocycles. The third-order valence-electron chi connectivity index (χ3n) is 2.47. The van der Waals surface area contributed by atoms with E-state index in [0.717, 1.165) is 0 Å².